The second kappa shape index (κ2) is 8.09. The molecule has 1 aliphatic carbocycles. The van der Waals surface area contributed by atoms with Crippen molar-refractivity contribution >= 4 is 34.2 Å². The van der Waals surface area contributed by atoms with Crippen molar-refractivity contribution in [3.63, 3.8) is 0 Å². The van der Waals surface area contributed by atoms with Gasteiger partial charge in [-0.15, -0.1) is 0 Å². The fourth-order valence-electron chi connectivity index (χ4n) is 4.22. The van der Waals surface area contributed by atoms with Crippen molar-refractivity contribution in [1.82, 2.24) is 14.9 Å². The van der Waals surface area contributed by atoms with Gasteiger partial charge in [0.15, 0.2) is 0 Å². The van der Waals surface area contributed by atoms with Gasteiger partial charge >= 0.3 is 0 Å². The monoisotopic (exact) mass is 436 g/mol. The number of halogens is 1. The standard InChI is InChI=1S/C24H25ClN4O2/c1-2-7-29(11-14-3-6-21(27-10-14)15-4-5-15)24(30)17-8-16-18-12-31-13-19(18)23(26)28-22(16)9-20(17)25/h3,6,8-10,15H,2,4-5,7,11-13H2,1H3,(H2,26,28). The Morgan fingerprint density at radius 2 is 2.06 bits per heavy atom. The van der Waals surface area contributed by atoms with Gasteiger partial charge in [-0.05, 0) is 48.6 Å². The van der Waals surface area contributed by atoms with Gasteiger partial charge in [0.05, 0.1) is 29.3 Å². The molecule has 6 nitrogen and oxygen atoms in total. The summed E-state index contributed by atoms with van der Waals surface area (Å²) < 4.78 is 5.58. The minimum absolute atomic E-state index is 0.0930. The maximum Gasteiger partial charge on any atom is 0.255 e. The number of hydrogen-bond acceptors (Lipinski definition) is 5. The Kier molecular flexibility index (Phi) is 5.28. The molecule has 0 radical (unpaired) electrons. The number of nitrogens with zero attached hydrogens (tertiary/aromatic N) is 3. The molecule has 1 fully saturated rings. The number of anilines is 1. The molecule has 0 saturated heterocycles. The lowest BCUT2D eigenvalue weighted by Crippen LogP contribution is -2.31. The van der Waals surface area contributed by atoms with Crippen LogP contribution in [0.3, 0.4) is 0 Å². The molecule has 2 aliphatic rings. The molecule has 7 heteroatoms. The number of pyridine rings is 2. The van der Waals surface area contributed by atoms with Crippen LogP contribution in [0.2, 0.25) is 5.02 Å². The lowest BCUT2D eigenvalue weighted by molar-refractivity contribution is 0.0743. The van der Waals surface area contributed by atoms with Gasteiger partial charge in [-0.3, -0.25) is 9.78 Å². The molecule has 0 atom stereocenters. The van der Waals surface area contributed by atoms with Gasteiger partial charge in [0.25, 0.3) is 5.91 Å². The Morgan fingerprint density at radius 3 is 2.77 bits per heavy atom. The Balaban J connectivity index is 1.47. The Hall–Kier alpha value is -2.70. The highest BCUT2D eigenvalue weighted by Gasteiger charge is 2.26. The molecule has 2 N–H and O–H groups in total. The molecule has 0 unspecified atom stereocenters. The lowest BCUT2D eigenvalue weighted by atomic mass is 10.0. The quantitative estimate of drug-likeness (QED) is 0.598. The number of amides is 1. The third-order valence-electron chi connectivity index (χ3n) is 6.05. The van der Waals surface area contributed by atoms with Crippen molar-refractivity contribution in [3.8, 4) is 0 Å². The topological polar surface area (TPSA) is 81.3 Å². The van der Waals surface area contributed by atoms with E-state index in [-0.39, 0.29) is 5.91 Å². The third-order valence-corrected chi connectivity index (χ3v) is 6.36. The van der Waals surface area contributed by atoms with Crippen molar-refractivity contribution in [2.75, 3.05) is 12.3 Å². The Bertz CT molecular complexity index is 1160. The van der Waals surface area contributed by atoms with E-state index in [2.05, 4.69) is 29.0 Å². The summed E-state index contributed by atoms with van der Waals surface area (Å²) in [6.07, 6.45) is 5.19. The maximum absolute atomic E-state index is 13.5. The van der Waals surface area contributed by atoms with Crippen LogP contribution in [0.5, 0.6) is 0 Å². The zero-order chi connectivity index (χ0) is 21.5. The number of carbonyl (C=O) groups is 1. The highest BCUT2D eigenvalue weighted by Crippen LogP contribution is 2.39. The van der Waals surface area contributed by atoms with Crippen LogP contribution in [0, 0.1) is 0 Å². The zero-order valence-electron chi connectivity index (χ0n) is 17.5. The molecule has 2 aromatic heterocycles. The summed E-state index contributed by atoms with van der Waals surface area (Å²) in [6, 6.07) is 7.74. The molecule has 3 aromatic rings. The van der Waals surface area contributed by atoms with Crippen molar-refractivity contribution in [1.29, 1.82) is 0 Å². The van der Waals surface area contributed by atoms with Gasteiger partial charge in [0.2, 0.25) is 0 Å². The van der Waals surface area contributed by atoms with Crippen LogP contribution in [0.1, 0.15) is 64.8 Å². The first-order valence-corrected chi connectivity index (χ1v) is 11.1. The number of benzene rings is 1. The second-order valence-corrected chi connectivity index (χ2v) is 8.80. The molecule has 0 spiro atoms. The normalized spacial score (nSPS) is 15.3. The number of ether oxygens (including phenoxy) is 1. The number of nitrogen functional groups attached to an aromatic ring is 1. The third kappa shape index (κ3) is 3.86. The fraction of sp³-hybridized carbons (Fsp3) is 0.375. The minimum atomic E-state index is -0.0930. The van der Waals surface area contributed by atoms with Crippen LogP contribution in [0.15, 0.2) is 30.5 Å². The summed E-state index contributed by atoms with van der Waals surface area (Å²) in [5, 5.41) is 1.26. The molecule has 160 valence electrons. The number of carbonyl (C=O) groups excluding carboxylic acids is 1. The smallest absolute Gasteiger partial charge is 0.255 e. The summed E-state index contributed by atoms with van der Waals surface area (Å²) in [4.78, 5) is 24.4. The van der Waals surface area contributed by atoms with E-state index in [1.165, 1.54) is 12.8 Å². The molecular formula is C24H25ClN4O2. The van der Waals surface area contributed by atoms with Crippen molar-refractivity contribution in [2.45, 2.75) is 51.9 Å². The molecule has 1 aliphatic heterocycles. The molecular weight excluding hydrogens is 412 g/mol. The van der Waals surface area contributed by atoms with Crippen LogP contribution in [0.25, 0.3) is 10.9 Å². The highest BCUT2D eigenvalue weighted by molar-refractivity contribution is 6.34. The van der Waals surface area contributed by atoms with Crippen molar-refractivity contribution in [3.05, 3.63) is 63.4 Å². The van der Waals surface area contributed by atoms with Crippen molar-refractivity contribution < 1.29 is 9.53 Å². The summed E-state index contributed by atoms with van der Waals surface area (Å²) in [6.45, 7) is 4.11. The average Bonchev–Trinajstić information content (AvgIpc) is 3.49. The maximum atomic E-state index is 13.5. The van der Waals surface area contributed by atoms with Gasteiger partial charge in [-0.2, -0.15) is 0 Å². The van der Waals surface area contributed by atoms with E-state index in [9.17, 15) is 4.79 Å². The van der Waals surface area contributed by atoms with E-state index in [1.807, 2.05) is 17.2 Å². The van der Waals surface area contributed by atoms with Gasteiger partial charge < -0.3 is 15.4 Å². The van der Waals surface area contributed by atoms with E-state index in [4.69, 9.17) is 22.1 Å². The molecule has 1 amide bonds. The van der Waals surface area contributed by atoms with E-state index in [1.54, 1.807) is 6.07 Å². The van der Waals surface area contributed by atoms with E-state index < -0.39 is 0 Å². The molecule has 1 saturated carbocycles. The molecule has 3 heterocycles. The van der Waals surface area contributed by atoms with Gasteiger partial charge in [0, 0.05) is 41.8 Å². The van der Waals surface area contributed by atoms with Gasteiger partial charge in [-0.1, -0.05) is 24.6 Å². The van der Waals surface area contributed by atoms with Crippen LogP contribution in [0.4, 0.5) is 5.82 Å². The van der Waals surface area contributed by atoms with E-state index >= 15 is 0 Å². The highest BCUT2D eigenvalue weighted by atomic mass is 35.5. The van der Waals surface area contributed by atoms with Crippen LogP contribution < -0.4 is 5.73 Å². The first-order chi connectivity index (χ1) is 15.0. The minimum Gasteiger partial charge on any atom is -0.383 e. The molecule has 5 rings (SSSR count). The van der Waals surface area contributed by atoms with E-state index in [0.29, 0.717) is 54.1 Å². The Labute approximate surface area is 186 Å². The Morgan fingerprint density at radius 1 is 1.26 bits per heavy atom. The largest absolute Gasteiger partial charge is 0.383 e. The molecule has 1 aromatic carbocycles. The second-order valence-electron chi connectivity index (χ2n) is 8.39. The summed E-state index contributed by atoms with van der Waals surface area (Å²) in [7, 11) is 0. The number of hydrogen-bond donors (Lipinski definition) is 1. The number of aromatic nitrogens is 2. The average molecular weight is 437 g/mol. The van der Waals surface area contributed by atoms with Crippen LogP contribution in [-0.4, -0.2) is 27.3 Å². The fourth-order valence-corrected chi connectivity index (χ4v) is 4.46. The number of rotatable bonds is 6. The van der Waals surface area contributed by atoms with Gasteiger partial charge in [-0.25, -0.2) is 4.98 Å². The molecule has 0 bridgehead atoms. The van der Waals surface area contributed by atoms with E-state index in [0.717, 1.165) is 34.2 Å². The predicted molar refractivity (Wildman–Crippen MR) is 121 cm³/mol. The first-order valence-electron chi connectivity index (χ1n) is 10.8. The number of nitrogens with two attached hydrogens (primary N) is 1. The summed E-state index contributed by atoms with van der Waals surface area (Å²) >= 11 is 6.54. The lowest BCUT2D eigenvalue weighted by Gasteiger charge is -2.23. The summed E-state index contributed by atoms with van der Waals surface area (Å²) in [5.74, 6) is 0.988. The summed E-state index contributed by atoms with van der Waals surface area (Å²) in [5.41, 5.74) is 11.3. The van der Waals surface area contributed by atoms with Crippen LogP contribution in [-0.2, 0) is 24.5 Å². The zero-order valence-corrected chi connectivity index (χ0v) is 18.3. The molecule has 31 heavy (non-hydrogen) atoms. The van der Waals surface area contributed by atoms with Crippen molar-refractivity contribution in [2.24, 2.45) is 0 Å². The first kappa shape index (κ1) is 20.2. The number of fused-ring (bicyclic) bond motifs is 3. The van der Waals surface area contributed by atoms with Gasteiger partial charge in [0.1, 0.15) is 5.82 Å². The van der Waals surface area contributed by atoms with Crippen LogP contribution >= 0.6 is 11.6 Å². The predicted octanol–water partition coefficient (Wildman–Crippen LogP) is 4.83. The SMILES string of the molecule is CCCN(Cc1ccc(C2CC2)nc1)C(=O)c1cc2c3c(c(N)nc2cc1Cl)COC3.